The highest BCUT2D eigenvalue weighted by molar-refractivity contribution is 5.63. The second kappa shape index (κ2) is 4.45. The summed E-state index contributed by atoms with van der Waals surface area (Å²) >= 11 is 0. The lowest BCUT2D eigenvalue weighted by Crippen LogP contribution is -1.98. The van der Waals surface area contributed by atoms with Gasteiger partial charge in [-0.25, -0.2) is 0 Å². The van der Waals surface area contributed by atoms with E-state index in [0.29, 0.717) is 6.54 Å². The number of rotatable bonds is 2. The van der Waals surface area contributed by atoms with Crippen molar-refractivity contribution < 1.29 is 0 Å². The van der Waals surface area contributed by atoms with Gasteiger partial charge < -0.3 is 5.73 Å². The number of pyridine rings is 1. The standard InChI is InChI=1S/C14H16N2/c1-10-3-4-12(7-11(10)2)13-5-6-14(8-15)16-9-13/h3-7,9H,8,15H2,1-2H3. The maximum atomic E-state index is 5.52. The Kier molecular flexibility index (Phi) is 3.02. The Morgan fingerprint density at radius 1 is 1.00 bits per heavy atom. The minimum atomic E-state index is 0.493. The van der Waals surface area contributed by atoms with E-state index in [1.165, 1.54) is 16.7 Å². The molecule has 0 saturated heterocycles. The molecule has 2 rings (SSSR count). The highest BCUT2D eigenvalue weighted by atomic mass is 14.7. The van der Waals surface area contributed by atoms with Crippen molar-refractivity contribution in [3.05, 3.63) is 53.3 Å². The Labute approximate surface area is 96.1 Å². The van der Waals surface area contributed by atoms with Gasteiger partial charge in [-0.05, 0) is 36.6 Å². The van der Waals surface area contributed by atoms with Gasteiger partial charge in [0.05, 0.1) is 5.69 Å². The van der Waals surface area contributed by atoms with Gasteiger partial charge in [0.15, 0.2) is 0 Å². The summed E-state index contributed by atoms with van der Waals surface area (Å²) in [5.41, 5.74) is 11.4. The van der Waals surface area contributed by atoms with Crippen molar-refractivity contribution in [1.82, 2.24) is 4.98 Å². The lowest BCUT2D eigenvalue weighted by atomic mass is 10.0. The number of nitrogens with two attached hydrogens (primary N) is 1. The molecule has 1 heterocycles. The van der Waals surface area contributed by atoms with Crippen molar-refractivity contribution in [3.63, 3.8) is 0 Å². The Balaban J connectivity index is 2.38. The molecule has 1 aromatic carbocycles. The monoisotopic (exact) mass is 212 g/mol. The minimum Gasteiger partial charge on any atom is -0.325 e. The molecule has 0 unspecified atom stereocenters. The molecule has 0 aliphatic rings. The molecule has 2 N–H and O–H groups in total. The number of aromatic nitrogens is 1. The van der Waals surface area contributed by atoms with E-state index in [1.807, 2.05) is 12.3 Å². The number of aryl methyl sites for hydroxylation is 2. The number of nitrogens with zero attached hydrogens (tertiary/aromatic N) is 1. The van der Waals surface area contributed by atoms with Gasteiger partial charge in [0, 0.05) is 18.3 Å². The van der Waals surface area contributed by atoms with Crippen molar-refractivity contribution in [1.29, 1.82) is 0 Å². The smallest absolute Gasteiger partial charge is 0.0539 e. The Morgan fingerprint density at radius 2 is 1.75 bits per heavy atom. The number of hydrogen-bond donors (Lipinski definition) is 1. The summed E-state index contributed by atoms with van der Waals surface area (Å²) < 4.78 is 0. The Bertz CT molecular complexity index is 487. The average molecular weight is 212 g/mol. The van der Waals surface area contributed by atoms with Crippen LogP contribution in [0.1, 0.15) is 16.8 Å². The summed E-state index contributed by atoms with van der Waals surface area (Å²) in [6.07, 6.45) is 1.88. The van der Waals surface area contributed by atoms with Crippen LogP contribution in [0.25, 0.3) is 11.1 Å². The lowest BCUT2D eigenvalue weighted by Gasteiger charge is -2.05. The molecular weight excluding hydrogens is 196 g/mol. The van der Waals surface area contributed by atoms with Crippen LogP contribution in [0.3, 0.4) is 0 Å². The third kappa shape index (κ3) is 2.12. The van der Waals surface area contributed by atoms with Gasteiger partial charge in [0.1, 0.15) is 0 Å². The zero-order valence-corrected chi connectivity index (χ0v) is 9.70. The van der Waals surface area contributed by atoms with Crippen molar-refractivity contribution in [3.8, 4) is 11.1 Å². The quantitative estimate of drug-likeness (QED) is 0.831. The van der Waals surface area contributed by atoms with Gasteiger partial charge in [0.2, 0.25) is 0 Å². The largest absolute Gasteiger partial charge is 0.325 e. The molecular formula is C14H16N2. The van der Waals surface area contributed by atoms with Crippen LogP contribution in [-0.4, -0.2) is 4.98 Å². The fourth-order valence-electron chi connectivity index (χ4n) is 1.64. The normalized spacial score (nSPS) is 10.4. The zero-order chi connectivity index (χ0) is 11.5. The molecule has 0 saturated carbocycles. The maximum Gasteiger partial charge on any atom is 0.0539 e. The number of hydrogen-bond acceptors (Lipinski definition) is 2. The van der Waals surface area contributed by atoms with Gasteiger partial charge in [-0.3, -0.25) is 4.98 Å². The van der Waals surface area contributed by atoms with Crippen molar-refractivity contribution in [2.45, 2.75) is 20.4 Å². The fourth-order valence-corrected chi connectivity index (χ4v) is 1.64. The maximum absolute atomic E-state index is 5.52. The SMILES string of the molecule is Cc1ccc(-c2ccc(CN)nc2)cc1C. The van der Waals surface area contributed by atoms with E-state index < -0.39 is 0 Å². The predicted molar refractivity (Wildman–Crippen MR) is 67.0 cm³/mol. The highest BCUT2D eigenvalue weighted by Gasteiger charge is 2.00. The zero-order valence-electron chi connectivity index (χ0n) is 9.70. The second-order valence-corrected chi connectivity index (χ2v) is 4.04. The Hall–Kier alpha value is -1.67. The Morgan fingerprint density at radius 3 is 2.31 bits per heavy atom. The van der Waals surface area contributed by atoms with Crippen molar-refractivity contribution >= 4 is 0 Å². The van der Waals surface area contributed by atoms with Gasteiger partial charge in [-0.2, -0.15) is 0 Å². The molecule has 2 aromatic rings. The molecule has 0 amide bonds. The van der Waals surface area contributed by atoms with Crippen LogP contribution in [0.2, 0.25) is 0 Å². The van der Waals surface area contributed by atoms with E-state index in [-0.39, 0.29) is 0 Å². The van der Waals surface area contributed by atoms with Crippen LogP contribution in [-0.2, 0) is 6.54 Å². The van der Waals surface area contributed by atoms with Crippen LogP contribution < -0.4 is 5.73 Å². The molecule has 0 spiro atoms. The van der Waals surface area contributed by atoms with E-state index in [9.17, 15) is 0 Å². The fraction of sp³-hybridized carbons (Fsp3) is 0.214. The molecule has 16 heavy (non-hydrogen) atoms. The van der Waals surface area contributed by atoms with E-state index in [4.69, 9.17) is 5.73 Å². The second-order valence-electron chi connectivity index (χ2n) is 4.04. The first-order valence-electron chi connectivity index (χ1n) is 5.43. The molecule has 0 aliphatic heterocycles. The summed E-state index contributed by atoms with van der Waals surface area (Å²) in [7, 11) is 0. The van der Waals surface area contributed by atoms with E-state index in [2.05, 4.69) is 43.1 Å². The highest BCUT2D eigenvalue weighted by Crippen LogP contribution is 2.21. The molecule has 0 bridgehead atoms. The molecule has 0 aliphatic carbocycles. The van der Waals surface area contributed by atoms with E-state index >= 15 is 0 Å². The van der Waals surface area contributed by atoms with Crippen LogP contribution in [0, 0.1) is 13.8 Å². The van der Waals surface area contributed by atoms with Gasteiger partial charge in [-0.15, -0.1) is 0 Å². The molecule has 0 radical (unpaired) electrons. The molecule has 0 atom stereocenters. The summed E-state index contributed by atoms with van der Waals surface area (Å²) in [5, 5.41) is 0. The van der Waals surface area contributed by atoms with Crippen molar-refractivity contribution in [2.24, 2.45) is 5.73 Å². The van der Waals surface area contributed by atoms with Crippen LogP contribution in [0.4, 0.5) is 0 Å². The van der Waals surface area contributed by atoms with Crippen molar-refractivity contribution in [2.75, 3.05) is 0 Å². The van der Waals surface area contributed by atoms with Gasteiger partial charge in [-0.1, -0.05) is 24.3 Å². The van der Waals surface area contributed by atoms with Crippen LogP contribution in [0.15, 0.2) is 36.5 Å². The summed E-state index contributed by atoms with van der Waals surface area (Å²) in [4.78, 5) is 4.30. The molecule has 1 aromatic heterocycles. The van der Waals surface area contributed by atoms with Gasteiger partial charge in [0.25, 0.3) is 0 Å². The molecule has 82 valence electrons. The summed E-state index contributed by atoms with van der Waals surface area (Å²) in [5.74, 6) is 0. The lowest BCUT2D eigenvalue weighted by molar-refractivity contribution is 0.991. The first kappa shape index (κ1) is 10.8. The molecule has 2 nitrogen and oxygen atoms in total. The third-order valence-corrected chi connectivity index (χ3v) is 2.87. The molecule has 2 heteroatoms. The summed E-state index contributed by atoms with van der Waals surface area (Å²) in [6.45, 7) is 4.74. The van der Waals surface area contributed by atoms with Gasteiger partial charge >= 0.3 is 0 Å². The predicted octanol–water partition coefficient (Wildman–Crippen LogP) is 2.82. The van der Waals surface area contributed by atoms with E-state index in [0.717, 1.165) is 11.3 Å². The third-order valence-electron chi connectivity index (χ3n) is 2.87. The number of benzene rings is 1. The summed E-state index contributed by atoms with van der Waals surface area (Å²) in [6, 6.07) is 10.5. The molecule has 0 fully saturated rings. The first-order valence-corrected chi connectivity index (χ1v) is 5.43. The van der Waals surface area contributed by atoms with Crippen LogP contribution in [0.5, 0.6) is 0 Å². The first-order chi connectivity index (χ1) is 7.70. The minimum absolute atomic E-state index is 0.493. The average Bonchev–Trinajstić information content (AvgIpc) is 2.33. The van der Waals surface area contributed by atoms with Crippen LogP contribution >= 0.6 is 0 Å². The van der Waals surface area contributed by atoms with E-state index in [1.54, 1.807) is 0 Å². The topological polar surface area (TPSA) is 38.9 Å².